The molecule has 3 aromatic rings. The summed E-state index contributed by atoms with van der Waals surface area (Å²) in [7, 11) is -3.65. The van der Waals surface area contributed by atoms with Crippen molar-refractivity contribution in [1.82, 2.24) is 19.3 Å². The van der Waals surface area contributed by atoms with Crippen LogP contribution in [0.3, 0.4) is 0 Å². The van der Waals surface area contributed by atoms with Crippen LogP contribution in [0.25, 0.3) is 11.0 Å². The van der Waals surface area contributed by atoms with E-state index in [-0.39, 0.29) is 10.6 Å². The van der Waals surface area contributed by atoms with Gasteiger partial charge in [-0.25, -0.2) is 18.2 Å². The fourth-order valence-electron chi connectivity index (χ4n) is 3.12. The predicted molar refractivity (Wildman–Crippen MR) is 98.8 cm³/mol. The van der Waals surface area contributed by atoms with Gasteiger partial charge in [0.1, 0.15) is 11.9 Å². The van der Waals surface area contributed by atoms with Crippen LogP contribution in [-0.2, 0) is 10.0 Å². The zero-order valence-electron chi connectivity index (χ0n) is 14.2. The second kappa shape index (κ2) is 6.53. The van der Waals surface area contributed by atoms with Crippen molar-refractivity contribution < 1.29 is 8.42 Å². The summed E-state index contributed by atoms with van der Waals surface area (Å²) in [5.74, 6) is 0.720. The molecule has 1 aliphatic heterocycles. The second-order valence-electron chi connectivity index (χ2n) is 6.19. The standard InChI is InChI=1S/C17H16N6O3S/c18-10-12-1-4-16(19-11-12)22-5-7-23(8-6-22)27(25,26)13-2-3-14-15(9-13)21-17(24)20-14/h1-4,9,11H,5-8H2,(H2,20,21,24). The third kappa shape index (κ3) is 3.18. The number of anilines is 1. The van der Waals surface area contributed by atoms with Gasteiger partial charge < -0.3 is 14.9 Å². The summed E-state index contributed by atoms with van der Waals surface area (Å²) in [5.41, 5.74) is 1.14. The first-order valence-corrected chi connectivity index (χ1v) is 9.75. The molecular formula is C17H16N6O3S. The second-order valence-corrected chi connectivity index (χ2v) is 8.13. The molecule has 0 unspecified atom stereocenters. The van der Waals surface area contributed by atoms with Gasteiger partial charge in [0.2, 0.25) is 10.0 Å². The maximum absolute atomic E-state index is 12.9. The van der Waals surface area contributed by atoms with Crippen LogP contribution in [0.1, 0.15) is 5.56 Å². The molecule has 138 valence electrons. The molecule has 0 bridgehead atoms. The van der Waals surface area contributed by atoms with E-state index in [9.17, 15) is 13.2 Å². The van der Waals surface area contributed by atoms with Crippen LogP contribution in [0.4, 0.5) is 5.82 Å². The molecule has 0 saturated carbocycles. The third-order valence-corrected chi connectivity index (χ3v) is 6.46. The predicted octanol–water partition coefficient (Wildman–Crippen LogP) is 0.634. The molecule has 4 rings (SSSR count). The van der Waals surface area contributed by atoms with Crippen LogP contribution in [-0.4, -0.2) is 53.9 Å². The van der Waals surface area contributed by atoms with Crippen molar-refractivity contribution in [2.24, 2.45) is 0 Å². The summed E-state index contributed by atoms with van der Waals surface area (Å²) < 4.78 is 27.3. The van der Waals surface area contributed by atoms with Gasteiger partial charge in [0.05, 0.1) is 21.5 Å². The largest absolute Gasteiger partial charge is 0.354 e. The lowest BCUT2D eigenvalue weighted by molar-refractivity contribution is 0.384. The Morgan fingerprint density at radius 1 is 1.04 bits per heavy atom. The molecule has 1 saturated heterocycles. The van der Waals surface area contributed by atoms with E-state index in [4.69, 9.17) is 5.26 Å². The van der Waals surface area contributed by atoms with E-state index in [0.717, 1.165) is 5.82 Å². The summed E-state index contributed by atoms with van der Waals surface area (Å²) in [6.07, 6.45) is 1.51. The number of nitriles is 1. The highest BCUT2D eigenvalue weighted by Gasteiger charge is 2.29. The van der Waals surface area contributed by atoms with Gasteiger partial charge in [-0.15, -0.1) is 0 Å². The highest BCUT2D eigenvalue weighted by molar-refractivity contribution is 7.89. The minimum absolute atomic E-state index is 0.148. The average molecular weight is 384 g/mol. The molecule has 0 spiro atoms. The number of pyridine rings is 1. The summed E-state index contributed by atoms with van der Waals surface area (Å²) in [6, 6.07) is 10.0. The summed E-state index contributed by atoms with van der Waals surface area (Å²) in [5, 5.41) is 8.84. The van der Waals surface area contributed by atoms with E-state index in [1.807, 2.05) is 11.0 Å². The van der Waals surface area contributed by atoms with E-state index in [0.29, 0.717) is 42.8 Å². The molecular weight excluding hydrogens is 368 g/mol. The van der Waals surface area contributed by atoms with Crippen molar-refractivity contribution in [3.63, 3.8) is 0 Å². The number of benzene rings is 1. The van der Waals surface area contributed by atoms with E-state index in [1.54, 1.807) is 18.2 Å². The Bertz CT molecular complexity index is 1180. The lowest BCUT2D eigenvalue weighted by atomic mass is 10.3. The first-order chi connectivity index (χ1) is 13.0. The Labute approximate surface area is 154 Å². The van der Waals surface area contributed by atoms with E-state index in [2.05, 4.69) is 15.0 Å². The zero-order chi connectivity index (χ0) is 19.0. The van der Waals surface area contributed by atoms with Crippen LogP contribution in [0.15, 0.2) is 46.2 Å². The minimum Gasteiger partial charge on any atom is -0.354 e. The highest BCUT2D eigenvalue weighted by Crippen LogP contribution is 2.22. The first kappa shape index (κ1) is 17.3. The lowest BCUT2D eigenvalue weighted by Crippen LogP contribution is -2.48. The summed E-state index contributed by atoms with van der Waals surface area (Å²) in [6.45, 7) is 1.65. The van der Waals surface area contributed by atoms with Crippen LogP contribution in [0.5, 0.6) is 0 Å². The van der Waals surface area contributed by atoms with Gasteiger partial charge in [-0.2, -0.15) is 9.57 Å². The maximum atomic E-state index is 12.9. The molecule has 1 aliphatic rings. The number of aromatic amines is 2. The molecule has 0 aliphatic carbocycles. The number of sulfonamides is 1. The quantitative estimate of drug-likeness (QED) is 0.682. The molecule has 0 atom stereocenters. The Balaban J connectivity index is 1.51. The number of piperazine rings is 1. The van der Waals surface area contributed by atoms with Gasteiger partial charge in [0, 0.05) is 32.4 Å². The monoisotopic (exact) mass is 384 g/mol. The molecule has 1 fully saturated rings. The molecule has 0 radical (unpaired) electrons. The van der Waals surface area contributed by atoms with Gasteiger partial charge >= 0.3 is 5.69 Å². The van der Waals surface area contributed by atoms with Crippen molar-refractivity contribution in [2.45, 2.75) is 4.90 Å². The van der Waals surface area contributed by atoms with E-state index < -0.39 is 10.0 Å². The van der Waals surface area contributed by atoms with Crippen molar-refractivity contribution in [3.05, 3.63) is 52.6 Å². The third-order valence-electron chi connectivity index (χ3n) is 4.56. The molecule has 10 heteroatoms. The zero-order valence-corrected chi connectivity index (χ0v) is 15.0. The lowest BCUT2D eigenvalue weighted by Gasteiger charge is -2.34. The number of aromatic nitrogens is 3. The molecule has 0 amide bonds. The van der Waals surface area contributed by atoms with Gasteiger partial charge in [-0.1, -0.05) is 0 Å². The number of nitrogens with zero attached hydrogens (tertiary/aromatic N) is 4. The topological polar surface area (TPSA) is 126 Å². The van der Waals surface area contributed by atoms with Gasteiger partial charge in [0.15, 0.2) is 0 Å². The average Bonchev–Trinajstić information content (AvgIpc) is 3.07. The van der Waals surface area contributed by atoms with Crippen LogP contribution in [0.2, 0.25) is 0 Å². The molecule has 27 heavy (non-hydrogen) atoms. The van der Waals surface area contributed by atoms with Crippen LogP contribution < -0.4 is 10.6 Å². The first-order valence-electron chi connectivity index (χ1n) is 8.31. The number of fused-ring (bicyclic) bond motifs is 1. The number of hydrogen-bond acceptors (Lipinski definition) is 6. The molecule has 9 nitrogen and oxygen atoms in total. The van der Waals surface area contributed by atoms with Crippen LogP contribution >= 0.6 is 0 Å². The normalized spacial score (nSPS) is 15.7. The molecule has 2 aromatic heterocycles. The van der Waals surface area contributed by atoms with Crippen LogP contribution in [0, 0.1) is 11.3 Å². The Hall–Kier alpha value is -3.16. The van der Waals surface area contributed by atoms with Crippen molar-refractivity contribution in [2.75, 3.05) is 31.1 Å². The minimum atomic E-state index is -3.65. The number of imidazole rings is 1. The summed E-state index contributed by atoms with van der Waals surface area (Å²) in [4.78, 5) is 22.9. The fraction of sp³-hybridized carbons (Fsp3) is 0.235. The fourth-order valence-corrected chi connectivity index (χ4v) is 4.57. The number of H-pyrrole nitrogens is 2. The number of rotatable bonds is 3. The highest BCUT2D eigenvalue weighted by atomic mass is 32.2. The molecule has 2 N–H and O–H groups in total. The number of nitrogens with one attached hydrogen (secondary N) is 2. The summed E-state index contributed by atoms with van der Waals surface area (Å²) >= 11 is 0. The number of hydrogen-bond donors (Lipinski definition) is 2. The Morgan fingerprint density at radius 3 is 2.44 bits per heavy atom. The van der Waals surface area contributed by atoms with E-state index in [1.165, 1.54) is 22.6 Å². The van der Waals surface area contributed by atoms with E-state index >= 15 is 0 Å². The molecule has 1 aromatic carbocycles. The van der Waals surface area contributed by atoms with Gasteiger partial charge in [-0.3, -0.25) is 0 Å². The smallest absolute Gasteiger partial charge is 0.323 e. The SMILES string of the molecule is N#Cc1ccc(N2CCN(S(=O)(=O)c3ccc4[nH]c(=O)[nH]c4c3)CC2)nc1. The Morgan fingerprint density at radius 2 is 1.78 bits per heavy atom. The van der Waals surface area contributed by atoms with Gasteiger partial charge in [-0.05, 0) is 30.3 Å². The maximum Gasteiger partial charge on any atom is 0.323 e. The molecule has 3 heterocycles. The van der Waals surface area contributed by atoms with Crippen molar-refractivity contribution in [3.8, 4) is 6.07 Å². The van der Waals surface area contributed by atoms with Gasteiger partial charge in [0.25, 0.3) is 0 Å². The Kier molecular flexibility index (Phi) is 4.18. The van der Waals surface area contributed by atoms with Crippen molar-refractivity contribution in [1.29, 1.82) is 5.26 Å². The van der Waals surface area contributed by atoms with Crippen molar-refractivity contribution >= 4 is 26.9 Å².